The molecule has 1 rings (SSSR count). The molecule has 0 aliphatic rings. The first-order valence-electron chi connectivity index (χ1n) is 6.56. The molecular formula is C15H25NO. The summed E-state index contributed by atoms with van der Waals surface area (Å²) in [4.78, 5) is 0. The average molecular weight is 235 g/mol. The van der Waals surface area contributed by atoms with Gasteiger partial charge in [0, 0.05) is 0 Å². The van der Waals surface area contributed by atoms with Gasteiger partial charge in [-0.2, -0.15) is 0 Å². The van der Waals surface area contributed by atoms with Gasteiger partial charge >= 0.3 is 0 Å². The first-order valence-corrected chi connectivity index (χ1v) is 6.56. The van der Waals surface area contributed by atoms with E-state index in [1.165, 1.54) is 6.42 Å². The first-order chi connectivity index (χ1) is 8.24. The quantitative estimate of drug-likeness (QED) is 0.698. The summed E-state index contributed by atoms with van der Waals surface area (Å²) in [6, 6.07) is 10.0. The molecule has 0 fully saturated rings. The van der Waals surface area contributed by atoms with Crippen LogP contribution in [0.15, 0.2) is 30.3 Å². The maximum absolute atomic E-state index is 5.69. The van der Waals surface area contributed by atoms with Crippen LogP contribution in [-0.4, -0.2) is 20.2 Å². The van der Waals surface area contributed by atoms with Gasteiger partial charge in [-0.25, -0.2) is 0 Å². The number of ether oxygens (including phenoxy) is 1. The third-order valence-corrected chi connectivity index (χ3v) is 3.14. The Hall–Kier alpha value is -1.02. The third-order valence-electron chi connectivity index (χ3n) is 3.14. The van der Waals surface area contributed by atoms with Gasteiger partial charge in [-0.15, -0.1) is 0 Å². The Morgan fingerprint density at radius 3 is 2.47 bits per heavy atom. The van der Waals surface area contributed by atoms with E-state index in [1.807, 2.05) is 37.4 Å². The standard InChI is InChI=1S/C15H25NO/c1-13(2)14(12-16-3)8-7-11-17-15-9-5-4-6-10-15/h4-6,9-10,13-14,16H,7-8,11-12H2,1-3H3. The molecule has 0 spiro atoms. The SMILES string of the molecule is CNCC(CCCOc1ccccc1)C(C)C. The molecule has 0 radical (unpaired) electrons. The van der Waals surface area contributed by atoms with Crippen LogP contribution in [0.5, 0.6) is 5.75 Å². The maximum atomic E-state index is 5.69. The van der Waals surface area contributed by atoms with Crippen molar-refractivity contribution in [2.45, 2.75) is 26.7 Å². The van der Waals surface area contributed by atoms with Gasteiger partial charge in [0.2, 0.25) is 0 Å². The van der Waals surface area contributed by atoms with E-state index in [2.05, 4.69) is 19.2 Å². The first kappa shape index (κ1) is 14.0. The number of benzene rings is 1. The summed E-state index contributed by atoms with van der Waals surface area (Å²) in [5, 5.41) is 3.27. The van der Waals surface area contributed by atoms with Crippen LogP contribution in [0, 0.1) is 11.8 Å². The summed E-state index contributed by atoms with van der Waals surface area (Å²) < 4.78 is 5.69. The zero-order valence-corrected chi connectivity index (χ0v) is 11.3. The average Bonchev–Trinajstić information content (AvgIpc) is 2.34. The summed E-state index contributed by atoms with van der Waals surface area (Å²) >= 11 is 0. The van der Waals surface area contributed by atoms with Crippen molar-refractivity contribution in [2.24, 2.45) is 11.8 Å². The van der Waals surface area contributed by atoms with Crippen molar-refractivity contribution in [1.29, 1.82) is 0 Å². The fourth-order valence-corrected chi connectivity index (χ4v) is 1.99. The molecule has 2 heteroatoms. The van der Waals surface area contributed by atoms with Crippen LogP contribution in [0.1, 0.15) is 26.7 Å². The zero-order valence-electron chi connectivity index (χ0n) is 11.3. The van der Waals surface area contributed by atoms with E-state index < -0.39 is 0 Å². The van der Waals surface area contributed by atoms with E-state index in [-0.39, 0.29) is 0 Å². The molecule has 1 aromatic carbocycles. The lowest BCUT2D eigenvalue weighted by Crippen LogP contribution is -2.23. The fraction of sp³-hybridized carbons (Fsp3) is 0.600. The van der Waals surface area contributed by atoms with Gasteiger partial charge in [-0.1, -0.05) is 32.0 Å². The molecule has 0 aromatic heterocycles. The second kappa shape index (κ2) is 8.13. The molecule has 0 saturated heterocycles. The van der Waals surface area contributed by atoms with Crippen molar-refractivity contribution < 1.29 is 4.74 Å². The molecule has 0 aliphatic carbocycles. The normalized spacial score (nSPS) is 12.7. The van der Waals surface area contributed by atoms with Crippen LogP contribution in [0.2, 0.25) is 0 Å². The Balaban J connectivity index is 2.18. The van der Waals surface area contributed by atoms with Crippen molar-refractivity contribution in [1.82, 2.24) is 5.32 Å². The van der Waals surface area contributed by atoms with Crippen LogP contribution in [0.3, 0.4) is 0 Å². The Morgan fingerprint density at radius 1 is 1.18 bits per heavy atom. The Kier molecular flexibility index (Phi) is 6.71. The monoisotopic (exact) mass is 235 g/mol. The van der Waals surface area contributed by atoms with Crippen LogP contribution >= 0.6 is 0 Å². The molecule has 1 atom stereocenters. The fourth-order valence-electron chi connectivity index (χ4n) is 1.99. The highest BCUT2D eigenvalue weighted by atomic mass is 16.5. The Morgan fingerprint density at radius 2 is 1.88 bits per heavy atom. The lowest BCUT2D eigenvalue weighted by Gasteiger charge is -2.20. The minimum absolute atomic E-state index is 0.735. The summed E-state index contributed by atoms with van der Waals surface area (Å²) in [6.07, 6.45) is 2.35. The van der Waals surface area contributed by atoms with E-state index in [1.54, 1.807) is 0 Å². The molecule has 0 heterocycles. The van der Waals surface area contributed by atoms with Crippen molar-refractivity contribution in [2.75, 3.05) is 20.2 Å². The predicted molar refractivity (Wildman–Crippen MR) is 73.4 cm³/mol. The summed E-state index contributed by atoms with van der Waals surface area (Å²) in [7, 11) is 2.02. The van der Waals surface area contributed by atoms with E-state index in [0.717, 1.165) is 37.2 Å². The summed E-state index contributed by atoms with van der Waals surface area (Å²) in [6.45, 7) is 6.50. The largest absolute Gasteiger partial charge is 0.494 e. The van der Waals surface area contributed by atoms with Gasteiger partial charge in [0.15, 0.2) is 0 Å². The second-order valence-electron chi connectivity index (χ2n) is 4.87. The second-order valence-corrected chi connectivity index (χ2v) is 4.87. The summed E-state index contributed by atoms with van der Waals surface area (Å²) in [5.74, 6) is 2.46. The Bertz CT molecular complexity index is 284. The van der Waals surface area contributed by atoms with Crippen LogP contribution in [0.4, 0.5) is 0 Å². The topological polar surface area (TPSA) is 21.3 Å². The molecule has 1 aromatic rings. The molecule has 0 bridgehead atoms. The molecule has 96 valence electrons. The number of hydrogen-bond acceptors (Lipinski definition) is 2. The lowest BCUT2D eigenvalue weighted by molar-refractivity contribution is 0.270. The molecule has 1 unspecified atom stereocenters. The van der Waals surface area contributed by atoms with Crippen molar-refractivity contribution in [3.63, 3.8) is 0 Å². The maximum Gasteiger partial charge on any atom is 0.119 e. The third kappa shape index (κ3) is 5.73. The predicted octanol–water partition coefficient (Wildman–Crippen LogP) is 3.34. The molecule has 0 saturated carbocycles. The van der Waals surface area contributed by atoms with E-state index in [4.69, 9.17) is 4.74 Å². The minimum atomic E-state index is 0.735. The van der Waals surface area contributed by atoms with Gasteiger partial charge in [0.25, 0.3) is 0 Å². The van der Waals surface area contributed by atoms with E-state index in [0.29, 0.717) is 0 Å². The smallest absolute Gasteiger partial charge is 0.119 e. The minimum Gasteiger partial charge on any atom is -0.494 e. The van der Waals surface area contributed by atoms with E-state index >= 15 is 0 Å². The highest BCUT2D eigenvalue weighted by Gasteiger charge is 2.11. The number of rotatable bonds is 8. The summed E-state index contributed by atoms with van der Waals surface area (Å²) in [5.41, 5.74) is 0. The molecular weight excluding hydrogens is 210 g/mol. The molecule has 0 amide bonds. The van der Waals surface area contributed by atoms with Crippen LogP contribution in [0.25, 0.3) is 0 Å². The van der Waals surface area contributed by atoms with Crippen molar-refractivity contribution >= 4 is 0 Å². The number of hydrogen-bond donors (Lipinski definition) is 1. The van der Waals surface area contributed by atoms with Crippen molar-refractivity contribution in [3.05, 3.63) is 30.3 Å². The zero-order chi connectivity index (χ0) is 12.5. The number of nitrogens with one attached hydrogen (secondary N) is 1. The molecule has 2 nitrogen and oxygen atoms in total. The lowest BCUT2D eigenvalue weighted by atomic mass is 9.91. The molecule has 1 N–H and O–H groups in total. The van der Waals surface area contributed by atoms with Crippen LogP contribution in [-0.2, 0) is 0 Å². The van der Waals surface area contributed by atoms with Gasteiger partial charge in [0.1, 0.15) is 5.75 Å². The number of para-hydroxylation sites is 1. The van der Waals surface area contributed by atoms with Gasteiger partial charge in [-0.3, -0.25) is 0 Å². The molecule has 0 aliphatic heterocycles. The van der Waals surface area contributed by atoms with Gasteiger partial charge < -0.3 is 10.1 Å². The van der Waals surface area contributed by atoms with Crippen molar-refractivity contribution in [3.8, 4) is 5.75 Å². The molecule has 17 heavy (non-hydrogen) atoms. The highest BCUT2D eigenvalue weighted by molar-refractivity contribution is 5.20. The Labute approximate surface area is 105 Å². The highest BCUT2D eigenvalue weighted by Crippen LogP contribution is 2.17. The van der Waals surface area contributed by atoms with Gasteiger partial charge in [0.05, 0.1) is 6.61 Å². The van der Waals surface area contributed by atoms with Crippen LogP contribution < -0.4 is 10.1 Å². The van der Waals surface area contributed by atoms with E-state index in [9.17, 15) is 0 Å². The van der Waals surface area contributed by atoms with Gasteiger partial charge in [-0.05, 0) is 50.4 Å².